The average molecular weight is 417 g/mol. The van der Waals surface area contributed by atoms with Gasteiger partial charge in [0.15, 0.2) is 21.3 Å². The van der Waals surface area contributed by atoms with Crippen LogP contribution < -0.4 is 9.47 Å². The molecular weight excluding hydrogens is 400 g/mol. The van der Waals surface area contributed by atoms with Crippen molar-refractivity contribution in [3.8, 4) is 22.6 Å². The van der Waals surface area contributed by atoms with Crippen molar-refractivity contribution in [2.75, 3.05) is 13.0 Å². The van der Waals surface area contributed by atoms with Crippen LogP contribution in [-0.4, -0.2) is 26.6 Å². The monoisotopic (exact) mass is 416 g/mol. The molecule has 4 rings (SSSR count). The maximum atomic E-state index is 11.7. The van der Waals surface area contributed by atoms with Crippen molar-refractivity contribution >= 4 is 21.4 Å². The van der Waals surface area contributed by atoms with Gasteiger partial charge in [-0.2, -0.15) is 0 Å². The number of hydrogen-bond acceptors (Lipinski definition) is 5. The smallest absolute Gasteiger partial charge is 0.231 e. The lowest BCUT2D eigenvalue weighted by atomic mass is 9.92. The first-order valence-electron chi connectivity index (χ1n) is 8.50. The lowest BCUT2D eigenvalue weighted by Crippen LogP contribution is -2.03. The van der Waals surface area contributed by atoms with Gasteiger partial charge >= 0.3 is 0 Å². The van der Waals surface area contributed by atoms with Crippen molar-refractivity contribution in [3.63, 3.8) is 0 Å². The molecule has 0 amide bonds. The van der Waals surface area contributed by atoms with E-state index >= 15 is 0 Å². The number of rotatable bonds is 4. The van der Waals surface area contributed by atoms with Gasteiger partial charge in [0, 0.05) is 11.3 Å². The Balaban J connectivity index is 1.84. The summed E-state index contributed by atoms with van der Waals surface area (Å²) in [5.74, 6) is 1.12. The van der Waals surface area contributed by atoms with E-state index in [0.717, 1.165) is 17.4 Å². The summed E-state index contributed by atoms with van der Waals surface area (Å²) in [5, 5.41) is 11.5. The summed E-state index contributed by atoms with van der Waals surface area (Å²) in [4.78, 5) is 0.230. The second kappa shape index (κ2) is 7.13. The molecule has 3 aromatic carbocycles. The quantitative estimate of drug-likeness (QED) is 0.689. The van der Waals surface area contributed by atoms with E-state index in [9.17, 15) is 13.5 Å². The average Bonchev–Trinajstić information content (AvgIpc) is 3.13. The van der Waals surface area contributed by atoms with E-state index in [2.05, 4.69) is 0 Å². The standard InChI is InChI=1S/C21H17ClO5S/c1-28(24,25)16-7-5-13(6-8-16)17-10-19-20(27-12-26-19)11-18(17)21(23)14-3-2-4-15(22)9-14/h2-11,21,23H,12H2,1H3. The molecule has 1 unspecified atom stereocenters. The van der Waals surface area contributed by atoms with Crippen LogP contribution in [-0.2, 0) is 9.84 Å². The maximum absolute atomic E-state index is 11.7. The van der Waals surface area contributed by atoms with Crippen LogP contribution in [0.3, 0.4) is 0 Å². The van der Waals surface area contributed by atoms with Crippen LogP contribution in [0.1, 0.15) is 17.2 Å². The molecule has 7 heteroatoms. The Morgan fingerprint density at radius 3 is 2.32 bits per heavy atom. The van der Waals surface area contributed by atoms with Crippen LogP contribution in [0.2, 0.25) is 5.02 Å². The highest BCUT2D eigenvalue weighted by atomic mass is 35.5. The van der Waals surface area contributed by atoms with Crippen molar-refractivity contribution in [3.05, 3.63) is 76.8 Å². The summed E-state index contributed by atoms with van der Waals surface area (Å²) in [5.41, 5.74) is 2.72. The number of hydrogen-bond donors (Lipinski definition) is 1. The molecule has 1 heterocycles. The zero-order chi connectivity index (χ0) is 19.9. The second-order valence-corrected chi connectivity index (χ2v) is 9.00. The highest BCUT2D eigenvalue weighted by molar-refractivity contribution is 7.90. The molecule has 0 radical (unpaired) electrons. The van der Waals surface area contributed by atoms with E-state index in [1.807, 2.05) is 0 Å². The second-order valence-electron chi connectivity index (χ2n) is 6.55. The molecule has 28 heavy (non-hydrogen) atoms. The van der Waals surface area contributed by atoms with Gasteiger partial charge in [-0.25, -0.2) is 8.42 Å². The van der Waals surface area contributed by atoms with Crippen molar-refractivity contribution in [1.29, 1.82) is 0 Å². The Morgan fingerprint density at radius 1 is 1.00 bits per heavy atom. The molecule has 1 N–H and O–H groups in total. The van der Waals surface area contributed by atoms with Crippen LogP contribution in [0.5, 0.6) is 11.5 Å². The van der Waals surface area contributed by atoms with E-state index in [4.69, 9.17) is 21.1 Å². The number of benzene rings is 3. The van der Waals surface area contributed by atoms with Crippen LogP contribution >= 0.6 is 11.6 Å². The molecular formula is C21H17ClO5S. The number of ether oxygens (including phenoxy) is 2. The third-order valence-electron chi connectivity index (χ3n) is 4.60. The molecule has 1 atom stereocenters. The molecule has 0 saturated carbocycles. The summed E-state index contributed by atoms with van der Waals surface area (Å²) in [6, 6.07) is 17.1. The molecule has 1 aliphatic rings. The minimum Gasteiger partial charge on any atom is -0.454 e. The van der Waals surface area contributed by atoms with E-state index in [-0.39, 0.29) is 11.7 Å². The van der Waals surface area contributed by atoms with Gasteiger partial charge in [0.05, 0.1) is 4.90 Å². The molecule has 0 bridgehead atoms. The SMILES string of the molecule is CS(=O)(=O)c1ccc(-c2cc3c(cc2C(O)c2cccc(Cl)c2)OCO3)cc1. The number of halogens is 1. The van der Waals surface area contributed by atoms with E-state index in [1.54, 1.807) is 60.7 Å². The van der Waals surface area contributed by atoms with E-state index in [1.165, 1.54) is 0 Å². The molecule has 144 valence electrons. The van der Waals surface area contributed by atoms with Gasteiger partial charge in [-0.1, -0.05) is 35.9 Å². The van der Waals surface area contributed by atoms with Crippen molar-refractivity contribution in [2.24, 2.45) is 0 Å². The van der Waals surface area contributed by atoms with Gasteiger partial charge in [0.2, 0.25) is 6.79 Å². The molecule has 0 fully saturated rings. The fraction of sp³-hybridized carbons (Fsp3) is 0.143. The lowest BCUT2D eigenvalue weighted by Gasteiger charge is -2.18. The summed E-state index contributed by atoms with van der Waals surface area (Å²) in [6.07, 6.45) is 0.217. The molecule has 3 aromatic rings. The fourth-order valence-corrected chi connectivity index (χ4v) is 4.00. The van der Waals surface area contributed by atoms with E-state index < -0.39 is 15.9 Å². The summed E-state index contributed by atoms with van der Waals surface area (Å²) in [6.45, 7) is 0.110. The normalized spacial score (nSPS) is 14.1. The van der Waals surface area contributed by atoms with Crippen molar-refractivity contribution in [1.82, 2.24) is 0 Å². The number of fused-ring (bicyclic) bond motifs is 1. The van der Waals surface area contributed by atoms with Crippen molar-refractivity contribution < 1.29 is 23.0 Å². The van der Waals surface area contributed by atoms with Gasteiger partial charge < -0.3 is 14.6 Å². The Bertz CT molecular complexity index is 1140. The molecule has 0 aliphatic carbocycles. The zero-order valence-electron chi connectivity index (χ0n) is 14.9. The van der Waals surface area contributed by atoms with Gasteiger partial charge in [0.25, 0.3) is 0 Å². The molecule has 0 saturated heterocycles. The summed E-state index contributed by atoms with van der Waals surface area (Å²) < 4.78 is 34.4. The van der Waals surface area contributed by atoms with Gasteiger partial charge in [0.1, 0.15) is 6.10 Å². The largest absolute Gasteiger partial charge is 0.454 e. The summed E-state index contributed by atoms with van der Waals surface area (Å²) >= 11 is 6.07. The Morgan fingerprint density at radius 2 is 1.68 bits per heavy atom. The minimum atomic E-state index is -3.29. The third-order valence-corrected chi connectivity index (χ3v) is 5.96. The maximum Gasteiger partial charge on any atom is 0.231 e. The Labute approximate surface area is 168 Å². The zero-order valence-corrected chi connectivity index (χ0v) is 16.5. The highest BCUT2D eigenvalue weighted by Gasteiger charge is 2.23. The van der Waals surface area contributed by atoms with Gasteiger partial charge in [-0.05, 0) is 58.7 Å². The van der Waals surface area contributed by atoms with Gasteiger partial charge in [-0.15, -0.1) is 0 Å². The molecule has 0 aromatic heterocycles. The molecule has 1 aliphatic heterocycles. The highest BCUT2D eigenvalue weighted by Crippen LogP contribution is 2.42. The predicted octanol–water partition coefficient (Wildman–Crippen LogP) is 4.22. The predicted molar refractivity (Wildman–Crippen MR) is 107 cm³/mol. The van der Waals surface area contributed by atoms with Crippen LogP contribution in [0.25, 0.3) is 11.1 Å². The lowest BCUT2D eigenvalue weighted by molar-refractivity contribution is 0.173. The first-order chi connectivity index (χ1) is 13.3. The minimum absolute atomic E-state index is 0.110. The van der Waals surface area contributed by atoms with Crippen LogP contribution in [0.4, 0.5) is 0 Å². The number of aliphatic hydroxyl groups is 1. The fourth-order valence-electron chi connectivity index (χ4n) is 3.17. The van der Waals surface area contributed by atoms with E-state index in [0.29, 0.717) is 27.6 Å². The Hall–Kier alpha value is -2.54. The molecule has 5 nitrogen and oxygen atoms in total. The topological polar surface area (TPSA) is 72.8 Å². The number of sulfone groups is 1. The van der Waals surface area contributed by atoms with Gasteiger partial charge in [-0.3, -0.25) is 0 Å². The number of aliphatic hydroxyl groups excluding tert-OH is 1. The van der Waals surface area contributed by atoms with Crippen LogP contribution in [0, 0.1) is 0 Å². The Kier molecular flexibility index (Phi) is 4.79. The summed E-state index contributed by atoms with van der Waals surface area (Å²) in [7, 11) is -3.29. The molecule has 0 spiro atoms. The first-order valence-corrected chi connectivity index (χ1v) is 10.8. The third kappa shape index (κ3) is 3.58. The van der Waals surface area contributed by atoms with Crippen LogP contribution in [0.15, 0.2) is 65.6 Å². The first kappa shape index (κ1) is 18.8. The van der Waals surface area contributed by atoms with Crippen molar-refractivity contribution in [2.45, 2.75) is 11.0 Å².